The number of carbonyl (C=O) groups excluding carboxylic acids is 2. The molecule has 33 heavy (non-hydrogen) atoms. The Morgan fingerprint density at radius 2 is 1.91 bits per heavy atom. The van der Waals surface area contributed by atoms with Crippen molar-refractivity contribution in [1.29, 1.82) is 0 Å². The highest BCUT2D eigenvalue weighted by Crippen LogP contribution is 2.32. The van der Waals surface area contributed by atoms with Crippen LogP contribution in [0.2, 0.25) is 0 Å². The van der Waals surface area contributed by atoms with Crippen LogP contribution >= 0.6 is 0 Å². The first kappa shape index (κ1) is 21.4. The standard InChI is InChI=1S/C25H29N5O3/c1-15-5-7-17(8-6-15)24(32)29-13-3-4-21(29)20-14-22-26-16(2)19(25(33)30(22)28-20)11-12-23(31)27-18-9-10-18/h5-8,14,18,21,28H,3-4,9-13H2,1-2H3,(H,27,31). The highest BCUT2D eigenvalue weighted by molar-refractivity contribution is 5.94. The first-order valence-electron chi connectivity index (χ1n) is 11.7. The number of likely N-dealkylation sites (tertiary alicyclic amines) is 1. The zero-order valence-corrected chi connectivity index (χ0v) is 19.1. The Balaban J connectivity index is 1.39. The van der Waals surface area contributed by atoms with E-state index in [1.165, 1.54) is 4.52 Å². The van der Waals surface area contributed by atoms with Crippen molar-refractivity contribution in [3.8, 4) is 0 Å². The van der Waals surface area contributed by atoms with Crippen molar-refractivity contribution in [3.63, 3.8) is 0 Å². The quantitative estimate of drug-likeness (QED) is 0.607. The van der Waals surface area contributed by atoms with E-state index in [1.54, 1.807) is 0 Å². The van der Waals surface area contributed by atoms with Gasteiger partial charge in [-0.2, -0.15) is 0 Å². The molecule has 3 heterocycles. The van der Waals surface area contributed by atoms with Gasteiger partial charge in [0.25, 0.3) is 11.5 Å². The van der Waals surface area contributed by atoms with Gasteiger partial charge in [-0.15, -0.1) is 0 Å². The number of hydrogen-bond donors (Lipinski definition) is 2. The molecule has 3 aromatic rings. The Hall–Kier alpha value is -3.42. The molecule has 0 radical (unpaired) electrons. The summed E-state index contributed by atoms with van der Waals surface area (Å²) in [5.74, 6) is -0.0280. The number of hydrogen-bond acceptors (Lipinski definition) is 4. The fraction of sp³-hybridized carbons (Fsp3) is 0.440. The monoisotopic (exact) mass is 447 g/mol. The molecule has 0 bridgehead atoms. The van der Waals surface area contributed by atoms with E-state index >= 15 is 0 Å². The molecule has 2 fully saturated rings. The van der Waals surface area contributed by atoms with Crippen molar-refractivity contribution in [2.24, 2.45) is 0 Å². The van der Waals surface area contributed by atoms with Crippen molar-refractivity contribution < 1.29 is 9.59 Å². The molecule has 1 unspecified atom stereocenters. The molecule has 1 saturated carbocycles. The van der Waals surface area contributed by atoms with Gasteiger partial charge in [-0.1, -0.05) is 17.7 Å². The SMILES string of the molecule is Cc1ccc(C(=O)N2CCCC2c2cc3nc(C)c(CCC(=O)NC4CC4)c(=O)n3[nH]2)cc1. The van der Waals surface area contributed by atoms with Gasteiger partial charge in [0.1, 0.15) is 0 Å². The van der Waals surface area contributed by atoms with Crippen LogP contribution in [-0.4, -0.2) is 43.9 Å². The molecule has 172 valence electrons. The maximum Gasteiger partial charge on any atom is 0.276 e. The van der Waals surface area contributed by atoms with Gasteiger partial charge in [-0.25, -0.2) is 9.50 Å². The van der Waals surface area contributed by atoms with Gasteiger partial charge in [0.2, 0.25) is 5.91 Å². The molecule has 8 heteroatoms. The van der Waals surface area contributed by atoms with Gasteiger partial charge in [0, 0.05) is 41.9 Å². The van der Waals surface area contributed by atoms with Crippen molar-refractivity contribution in [2.45, 2.75) is 64.5 Å². The van der Waals surface area contributed by atoms with E-state index in [4.69, 9.17) is 0 Å². The van der Waals surface area contributed by atoms with E-state index in [9.17, 15) is 14.4 Å². The Labute approximate surface area is 192 Å². The molecule has 1 aliphatic carbocycles. The van der Waals surface area contributed by atoms with Crippen LogP contribution in [0.15, 0.2) is 35.1 Å². The number of aryl methyl sites for hydroxylation is 2. The van der Waals surface area contributed by atoms with Crippen LogP contribution in [0.5, 0.6) is 0 Å². The maximum absolute atomic E-state index is 13.2. The van der Waals surface area contributed by atoms with Crippen LogP contribution < -0.4 is 10.9 Å². The molecule has 1 atom stereocenters. The Morgan fingerprint density at radius 3 is 2.64 bits per heavy atom. The van der Waals surface area contributed by atoms with Crippen LogP contribution in [-0.2, 0) is 11.2 Å². The van der Waals surface area contributed by atoms with E-state index in [2.05, 4.69) is 15.4 Å². The summed E-state index contributed by atoms with van der Waals surface area (Å²) in [5.41, 5.74) is 4.13. The maximum atomic E-state index is 13.2. The van der Waals surface area contributed by atoms with Crippen LogP contribution in [0, 0.1) is 13.8 Å². The van der Waals surface area contributed by atoms with Gasteiger partial charge in [0.05, 0.1) is 11.7 Å². The predicted molar refractivity (Wildman–Crippen MR) is 124 cm³/mol. The number of carbonyl (C=O) groups is 2. The van der Waals surface area contributed by atoms with Crippen LogP contribution in [0.1, 0.15) is 71.0 Å². The van der Waals surface area contributed by atoms with Crippen molar-refractivity contribution in [2.75, 3.05) is 6.54 Å². The van der Waals surface area contributed by atoms with Crippen molar-refractivity contribution in [1.82, 2.24) is 24.8 Å². The van der Waals surface area contributed by atoms with E-state index in [1.807, 2.05) is 49.1 Å². The lowest BCUT2D eigenvalue weighted by molar-refractivity contribution is -0.121. The Kier molecular flexibility index (Phi) is 5.52. The van der Waals surface area contributed by atoms with E-state index in [-0.39, 0.29) is 29.8 Å². The van der Waals surface area contributed by atoms with Crippen LogP contribution in [0.3, 0.4) is 0 Å². The first-order chi connectivity index (χ1) is 15.9. The number of rotatable bonds is 6. The van der Waals surface area contributed by atoms with Crippen LogP contribution in [0.25, 0.3) is 5.65 Å². The first-order valence-corrected chi connectivity index (χ1v) is 11.7. The molecular weight excluding hydrogens is 418 g/mol. The highest BCUT2D eigenvalue weighted by Gasteiger charge is 2.32. The number of aromatic nitrogens is 3. The number of aromatic amines is 1. The molecule has 8 nitrogen and oxygen atoms in total. The average Bonchev–Trinajstić information content (AvgIpc) is 3.29. The number of nitrogens with zero attached hydrogens (tertiary/aromatic N) is 3. The van der Waals surface area contributed by atoms with Crippen LogP contribution in [0.4, 0.5) is 0 Å². The smallest absolute Gasteiger partial charge is 0.276 e. The number of nitrogens with one attached hydrogen (secondary N) is 2. The summed E-state index contributed by atoms with van der Waals surface area (Å²) >= 11 is 0. The predicted octanol–water partition coefficient (Wildman–Crippen LogP) is 2.83. The normalized spacial score (nSPS) is 18.1. The number of fused-ring (bicyclic) bond motifs is 1. The summed E-state index contributed by atoms with van der Waals surface area (Å²) < 4.78 is 1.45. The third kappa shape index (κ3) is 4.29. The van der Waals surface area contributed by atoms with E-state index in [0.717, 1.165) is 36.9 Å². The summed E-state index contributed by atoms with van der Waals surface area (Å²) in [6, 6.07) is 9.65. The Bertz CT molecular complexity index is 1270. The summed E-state index contributed by atoms with van der Waals surface area (Å²) in [5, 5.41) is 6.16. The summed E-state index contributed by atoms with van der Waals surface area (Å²) in [4.78, 5) is 44.9. The lowest BCUT2D eigenvalue weighted by atomic mass is 10.1. The second-order valence-electron chi connectivity index (χ2n) is 9.25. The van der Waals surface area contributed by atoms with Gasteiger partial charge in [0.15, 0.2) is 5.65 Å². The molecule has 2 N–H and O–H groups in total. The molecule has 1 aliphatic heterocycles. The summed E-state index contributed by atoms with van der Waals surface area (Å²) in [6.07, 6.45) is 4.44. The molecule has 1 saturated heterocycles. The second-order valence-corrected chi connectivity index (χ2v) is 9.25. The molecule has 1 aromatic carbocycles. The fourth-order valence-corrected chi connectivity index (χ4v) is 4.61. The number of H-pyrrole nitrogens is 1. The van der Waals surface area contributed by atoms with Gasteiger partial charge >= 0.3 is 0 Å². The Morgan fingerprint density at radius 1 is 1.15 bits per heavy atom. The van der Waals surface area contributed by atoms with Crippen molar-refractivity contribution in [3.05, 3.63) is 68.8 Å². The second kappa shape index (κ2) is 8.50. The van der Waals surface area contributed by atoms with Gasteiger partial charge in [-0.05, 0) is 58.1 Å². The molecule has 0 spiro atoms. The molecule has 5 rings (SSSR count). The average molecular weight is 448 g/mol. The topological polar surface area (TPSA) is 99.6 Å². The lowest BCUT2D eigenvalue weighted by Gasteiger charge is -2.24. The zero-order valence-electron chi connectivity index (χ0n) is 19.1. The van der Waals surface area contributed by atoms with Crippen molar-refractivity contribution >= 4 is 17.5 Å². The summed E-state index contributed by atoms with van der Waals surface area (Å²) in [6.45, 7) is 4.48. The highest BCUT2D eigenvalue weighted by atomic mass is 16.2. The lowest BCUT2D eigenvalue weighted by Crippen LogP contribution is -2.31. The van der Waals surface area contributed by atoms with E-state index in [0.29, 0.717) is 41.5 Å². The minimum absolute atomic E-state index is 0.00462. The largest absolute Gasteiger partial charge is 0.353 e. The zero-order chi connectivity index (χ0) is 23.1. The molecule has 2 amide bonds. The third-order valence-corrected chi connectivity index (χ3v) is 6.65. The fourth-order valence-electron chi connectivity index (χ4n) is 4.61. The van der Waals surface area contributed by atoms with Gasteiger partial charge < -0.3 is 10.2 Å². The molecule has 2 aliphatic rings. The summed E-state index contributed by atoms with van der Waals surface area (Å²) in [7, 11) is 0. The minimum atomic E-state index is -0.183. The van der Waals surface area contributed by atoms with Gasteiger partial charge in [-0.3, -0.25) is 19.5 Å². The third-order valence-electron chi connectivity index (χ3n) is 6.65. The van der Waals surface area contributed by atoms with E-state index < -0.39 is 0 Å². The molecular formula is C25H29N5O3. The molecule has 2 aromatic heterocycles. The minimum Gasteiger partial charge on any atom is -0.353 e. The number of amides is 2. The number of benzene rings is 1.